The van der Waals surface area contributed by atoms with Crippen LogP contribution in [-0.2, 0) is 4.33 Å². The zero-order valence-corrected chi connectivity index (χ0v) is 8.93. The Morgan fingerprint density at radius 3 is 2.27 bits per heavy atom. The molecule has 1 aromatic carbocycles. The van der Waals surface area contributed by atoms with Crippen molar-refractivity contribution in [1.82, 2.24) is 0 Å². The molecule has 54 valence electrons. The van der Waals surface area contributed by atoms with Crippen LogP contribution in [0.4, 0.5) is 5.69 Å². The van der Waals surface area contributed by atoms with Gasteiger partial charge in [-0.25, -0.2) is 0 Å². The molecule has 0 aliphatic heterocycles. The normalized spacial score (nSPS) is 8.82. The predicted octanol–water partition coefficient (Wildman–Crippen LogP) is -2.43. The summed E-state index contributed by atoms with van der Waals surface area (Å²) < 4.78 is 3.59. The molecule has 0 heterocycles. The molecule has 5 heteroatoms. The summed E-state index contributed by atoms with van der Waals surface area (Å²) in [6.45, 7) is 0. The molecule has 11 heavy (non-hydrogen) atoms. The molecule has 1 aromatic rings. The number of hydrogen-bond acceptors (Lipinski definition) is 4. The summed E-state index contributed by atoms with van der Waals surface area (Å²) in [4.78, 5) is 0.754. The summed E-state index contributed by atoms with van der Waals surface area (Å²) in [6.07, 6.45) is 0. The molecule has 0 amide bonds. The van der Waals surface area contributed by atoms with E-state index in [-0.39, 0.29) is 29.6 Å². The second-order valence-corrected chi connectivity index (χ2v) is 2.49. The molecule has 0 fully saturated rings. The van der Waals surface area contributed by atoms with Crippen LogP contribution >= 0.6 is 12.0 Å². The van der Waals surface area contributed by atoms with Gasteiger partial charge in [0.1, 0.15) is 0 Å². The maximum absolute atomic E-state index is 9.62. The quantitative estimate of drug-likeness (QED) is 0.180. The Bertz CT molecular complexity index is 204. The Kier molecular flexibility index (Phi) is 6.03. The molecule has 1 rings (SSSR count). The Hall–Kier alpha value is 0.290. The Morgan fingerprint density at radius 2 is 1.82 bits per heavy atom. The van der Waals surface area contributed by atoms with Crippen LogP contribution in [0.1, 0.15) is 0 Å². The number of rotatable bonds is 2. The van der Waals surface area contributed by atoms with Gasteiger partial charge in [-0.1, -0.05) is 0 Å². The van der Waals surface area contributed by atoms with Gasteiger partial charge >= 0.3 is 29.6 Å². The van der Waals surface area contributed by atoms with Crippen LogP contribution in [0, 0.1) is 0 Å². The van der Waals surface area contributed by atoms with E-state index < -0.39 is 0 Å². The van der Waals surface area contributed by atoms with E-state index >= 15 is 0 Å². The van der Waals surface area contributed by atoms with Crippen molar-refractivity contribution in [3.8, 4) is 0 Å². The molecule has 0 saturated carbocycles. The first-order valence-electron chi connectivity index (χ1n) is 2.65. The molecule has 0 aromatic heterocycles. The summed E-state index contributed by atoms with van der Waals surface area (Å²) in [5.74, 6) is 0. The van der Waals surface area contributed by atoms with Gasteiger partial charge in [-0.15, -0.1) is 0 Å². The van der Waals surface area contributed by atoms with Crippen molar-refractivity contribution in [2.75, 3.05) is 5.73 Å². The molecule has 0 bridgehead atoms. The van der Waals surface area contributed by atoms with Crippen molar-refractivity contribution in [2.45, 2.75) is 4.90 Å². The second-order valence-electron chi connectivity index (χ2n) is 1.72. The minimum Gasteiger partial charge on any atom is -0.710 e. The van der Waals surface area contributed by atoms with Gasteiger partial charge in [0, 0.05) is 22.6 Å². The zero-order chi connectivity index (χ0) is 7.40. The number of nitrogen functional groups attached to an aromatic ring is 1. The van der Waals surface area contributed by atoms with Gasteiger partial charge in [0.2, 0.25) is 0 Å². The van der Waals surface area contributed by atoms with Crippen molar-refractivity contribution < 1.29 is 39.1 Å². The Balaban J connectivity index is 0.000001000. The van der Waals surface area contributed by atoms with Gasteiger partial charge in [0.05, 0.1) is 0 Å². The van der Waals surface area contributed by atoms with Gasteiger partial charge in [0.25, 0.3) is 0 Å². The standard InChI is InChI=1S/C6H7NO2S.Na/c7-5-1-3-6(4-2-5)10-9-8;/h1-4,8H,7H2;/q;+1/p-1. The summed E-state index contributed by atoms with van der Waals surface area (Å²) >= 11 is 0.773. The van der Waals surface area contributed by atoms with E-state index in [1.807, 2.05) is 0 Å². The number of hydrogen-bond donors (Lipinski definition) is 1. The molecule has 0 saturated heterocycles. The largest absolute Gasteiger partial charge is 1.00 e. The van der Waals surface area contributed by atoms with Crippen molar-refractivity contribution in [1.29, 1.82) is 0 Å². The zero-order valence-electron chi connectivity index (χ0n) is 6.11. The van der Waals surface area contributed by atoms with E-state index in [0.29, 0.717) is 5.69 Å². The van der Waals surface area contributed by atoms with Crippen LogP contribution in [0.15, 0.2) is 29.2 Å². The first-order chi connectivity index (χ1) is 4.83. The van der Waals surface area contributed by atoms with Crippen LogP contribution in [0.5, 0.6) is 0 Å². The molecule has 0 aliphatic carbocycles. The third kappa shape index (κ3) is 4.00. The number of nitrogens with two attached hydrogens (primary N) is 1. The third-order valence-corrected chi connectivity index (χ3v) is 1.54. The van der Waals surface area contributed by atoms with Crippen LogP contribution in [0.2, 0.25) is 0 Å². The minimum atomic E-state index is 0. The Labute approximate surface area is 91.4 Å². The van der Waals surface area contributed by atoms with Crippen molar-refractivity contribution in [3.63, 3.8) is 0 Å². The SMILES string of the molecule is Nc1ccc(SO[O-])cc1.[Na+]. The van der Waals surface area contributed by atoms with Crippen molar-refractivity contribution in [2.24, 2.45) is 0 Å². The second kappa shape index (κ2) is 5.88. The van der Waals surface area contributed by atoms with Gasteiger partial charge < -0.3 is 15.3 Å². The maximum Gasteiger partial charge on any atom is 1.00 e. The monoisotopic (exact) mass is 179 g/mol. The van der Waals surface area contributed by atoms with E-state index in [4.69, 9.17) is 5.73 Å². The number of benzene rings is 1. The van der Waals surface area contributed by atoms with E-state index in [9.17, 15) is 5.26 Å². The van der Waals surface area contributed by atoms with Crippen LogP contribution < -0.4 is 40.5 Å². The van der Waals surface area contributed by atoms with Crippen LogP contribution in [0.25, 0.3) is 0 Å². The van der Waals surface area contributed by atoms with Gasteiger partial charge in [-0.05, 0) is 24.3 Å². The fourth-order valence-corrected chi connectivity index (χ4v) is 0.888. The van der Waals surface area contributed by atoms with E-state index in [1.165, 1.54) is 0 Å². The van der Waals surface area contributed by atoms with E-state index in [1.54, 1.807) is 24.3 Å². The van der Waals surface area contributed by atoms with Crippen molar-refractivity contribution >= 4 is 17.7 Å². The predicted molar refractivity (Wildman–Crippen MR) is 37.8 cm³/mol. The smallest absolute Gasteiger partial charge is 0.710 e. The van der Waals surface area contributed by atoms with E-state index in [2.05, 4.69) is 4.33 Å². The molecular formula is C6H6NNaO2S. The molecule has 0 radical (unpaired) electrons. The first-order valence-corrected chi connectivity index (χ1v) is 3.39. The summed E-state index contributed by atoms with van der Waals surface area (Å²) in [5.41, 5.74) is 6.07. The molecule has 0 aliphatic rings. The first kappa shape index (κ1) is 11.3. The maximum atomic E-state index is 9.62. The van der Waals surface area contributed by atoms with Gasteiger partial charge in [-0.2, -0.15) is 0 Å². The molecule has 3 nitrogen and oxygen atoms in total. The third-order valence-electron chi connectivity index (χ3n) is 1.01. The fraction of sp³-hybridized carbons (Fsp3) is 0. The average molecular weight is 179 g/mol. The van der Waals surface area contributed by atoms with Crippen molar-refractivity contribution in [3.05, 3.63) is 24.3 Å². The van der Waals surface area contributed by atoms with E-state index in [0.717, 1.165) is 16.9 Å². The molecule has 2 N–H and O–H groups in total. The van der Waals surface area contributed by atoms with Crippen LogP contribution in [-0.4, -0.2) is 0 Å². The van der Waals surface area contributed by atoms with Crippen LogP contribution in [0.3, 0.4) is 0 Å². The molecular weight excluding hydrogens is 173 g/mol. The summed E-state index contributed by atoms with van der Waals surface area (Å²) in [6, 6.07) is 6.86. The van der Waals surface area contributed by atoms with Gasteiger partial charge in [0.15, 0.2) is 0 Å². The molecule has 0 unspecified atom stereocenters. The molecule has 0 atom stereocenters. The summed E-state index contributed by atoms with van der Waals surface area (Å²) in [7, 11) is 0. The average Bonchev–Trinajstić information content (AvgIpc) is 1.95. The number of anilines is 1. The minimum absolute atomic E-state index is 0. The van der Waals surface area contributed by atoms with Gasteiger partial charge in [-0.3, -0.25) is 0 Å². The fourth-order valence-electron chi connectivity index (χ4n) is 0.563. The topological polar surface area (TPSA) is 58.3 Å². The molecule has 0 spiro atoms. The Morgan fingerprint density at radius 1 is 1.27 bits per heavy atom. The summed E-state index contributed by atoms with van der Waals surface area (Å²) in [5, 5.41) is 9.62.